The van der Waals surface area contributed by atoms with E-state index in [9.17, 15) is 4.79 Å². The van der Waals surface area contributed by atoms with Crippen molar-refractivity contribution in [2.24, 2.45) is 0 Å². The Kier molecular flexibility index (Phi) is 5.20. The molecule has 0 aromatic heterocycles. The molecule has 0 fully saturated rings. The molecule has 1 atom stereocenters. The van der Waals surface area contributed by atoms with Gasteiger partial charge in [-0.25, -0.2) is 0 Å². The van der Waals surface area contributed by atoms with E-state index in [0.717, 1.165) is 17.3 Å². The molecule has 0 N–H and O–H groups in total. The first-order valence-corrected chi connectivity index (χ1v) is 6.59. The second-order valence-electron chi connectivity index (χ2n) is 4.35. The van der Waals surface area contributed by atoms with Crippen molar-refractivity contribution < 1.29 is 4.79 Å². The van der Waals surface area contributed by atoms with Crippen LogP contribution in [0.2, 0.25) is 0 Å². The first-order chi connectivity index (χ1) is 7.54. The minimum absolute atomic E-state index is 0.282. The van der Waals surface area contributed by atoms with E-state index >= 15 is 0 Å². The molecule has 1 unspecified atom stereocenters. The quantitative estimate of drug-likeness (QED) is 0.770. The van der Waals surface area contributed by atoms with Crippen LogP contribution in [-0.2, 0) is 4.79 Å². The van der Waals surface area contributed by atoms with Gasteiger partial charge in [0.1, 0.15) is 5.78 Å². The first kappa shape index (κ1) is 13.4. The summed E-state index contributed by atoms with van der Waals surface area (Å²) in [5, 5.41) is 0. The normalized spacial score (nSPS) is 12.5. The van der Waals surface area contributed by atoms with E-state index in [4.69, 9.17) is 0 Å². The van der Waals surface area contributed by atoms with Crippen molar-refractivity contribution >= 4 is 21.7 Å². The van der Waals surface area contributed by atoms with Crippen LogP contribution in [0, 0.1) is 6.92 Å². The monoisotopic (exact) mass is 282 g/mol. The summed E-state index contributed by atoms with van der Waals surface area (Å²) < 4.78 is 1.16. The van der Waals surface area contributed by atoms with Crippen LogP contribution in [0.1, 0.15) is 50.2 Å². The highest BCUT2D eigenvalue weighted by Crippen LogP contribution is 2.28. The second kappa shape index (κ2) is 6.19. The maximum atomic E-state index is 11.0. The summed E-state index contributed by atoms with van der Waals surface area (Å²) in [4.78, 5) is 11.0. The second-order valence-corrected chi connectivity index (χ2v) is 5.21. The van der Waals surface area contributed by atoms with Gasteiger partial charge in [0.25, 0.3) is 0 Å². The molecule has 88 valence electrons. The molecule has 0 radical (unpaired) electrons. The molecule has 1 rings (SSSR count). The Morgan fingerprint density at radius 1 is 1.44 bits per heavy atom. The molecule has 2 heteroatoms. The molecule has 1 aromatic carbocycles. The molecule has 0 saturated carbocycles. The molecule has 0 aliphatic rings. The van der Waals surface area contributed by atoms with Gasteiger partial charge < -0.3 is 4.79 Å². The number of benzene rings is 1. The van der Waals surface area contributed by atoms with Crippen molar-refractivity contribution in [3.63, 3.8) is 0 Å². The minimum Gasteiger partial charge on any atom is -0.300 e. The lowest BCUT2D eigenvalue weighted by Crippen LogP contribution is -2.01. The summed E-state index contributed by atoms with van der Waals surface area (Å²) in [6, 6.07) is 6.49. The highest BCUT2D eigenvalue weighted by atomic mass is 79.9. The molecule has 1 nitrogen and oxygen atoms in total. The van der Waals surface area contributed by atoms with Gasteiger partial charge in [0.15, 0.2) is 0 Å². The number of halogens is 1. The van der Waals surface area contributed by atoms with Crippen molar-refractivity contribution in [2.45, 2.75) is 46.0 Å². The van der Waals surface area contributed by atoms with E-state index in [-0.39, 0.29) is 5.78 Å². The summed E-state index contributed by atoms with van der Waals surface area (Å²) >= 11 is 3.56. The molecular formula is C14H19BrO. The topological polar surface area (TPSA) is 17.1 Å². The molecule has 0 amide bonds. The van der Waals surface area contributed by atoms with Gasteiger partial charge in [-0.1, -0.05) is 35.0 Å². The van der Waals surface area contributed by atoms with Gasteiger partial charge in [-0.2, -0.15) is 0 Å². The highest BCUT2D eigenvalue weighted by Gasteiger charge is 2.11. The van der Waals surface area contributed by atoms with Crippen LogP contribution in [0.15, 0.2) is 22.7 Å². The number of aryl methyl sites for hydroxylation is 1. The summed E-state index contributed by atoms with van der Waals surface area (Å²) in [5.41, 5.74) is 2.59. The number of hydrogen-bond donors (Lipinski definition) is 0. The number of carbonyl (C=O) groups excluding carboxylic acids is 1. The summed E-state index contributed by atoms with van der Waals surface area (Å²) in [7, 11) is 0. The first-order valence-electron chi connectivity index (χ1n) is 5.80. The smallest absolute Gasteiger partial charge is 0.129 e. The molecular weight excluding hydrogens is 264 g/mol. The van der Waals surface area contributed by atoms with Crippen molar-refractivity contribution in [1.82, 2.24) is 0 Å². The van der Waals surface area contributed by atoms with Crippen LogP contribution in [0.3, 0.4) is 0 Å². The third-order valence-corrected chi connectivity index (χ3v) is 3.86. The van der Waals surface area contributed by atoms with Gasteiger partial charge in [-0.15, -0.1) is 0 Å². The van der Waals surface area contributed by atoms with Gasteiger partial charge in [0.05, 0.1) is 0 Å². The molecule has 0 aliphatic carbocycles. The van der Waals surface area contributed by atoms with Crippen molar-refractivity contribution in [3.05, 3.63) is 33.8 Å². The van der Waals surface area contributed by atoms with Crippen molar-refractivity contribution in [2.75, 3.05) is 0 Å². The van der Waals surface area contributed by atoms with E-state index in [2.05, 4.69) is 48.0 Å². The molecule has 0 saturated heterocycles. The maximum Gasteiger partial charge on any atom is 0.129 e. The van der Waals surface area contributed by atoms with Crippen molar-refractivity contribution in [1.29, 1.82) is 0 Å². The lowest BCUT2D eigenvalue weighted by molar-refractivity contribution is -0.117. The number of ketones is 1. The Hall–Kier alpha value is -0.630. The Bertz CT molecular complexity index is 371. The molecule has 1 aromatic rings. The number of carbonyl (C=O) groups is 1. The Morgan fingerprint density at radius 2 is 2.12 bits per heavy atom. The zero-order valence-corrected chi connectivity index (χ0v) is 11.8. The fraction of sp³-hybridized carbons (Fsp3) is 0.500. The zero-order valence-electron chi connectivity index (χ0n) is 10.2. The van der Waals surface area contributed by atoms with Gasteiger partial charge >= 0.3 is 0 Å². The Labute approximate surface area is 106 Å². The molecule has 0 aliphatic heterocycles. The van der Waals surface area contributed by atoms with Gasteiger partial charge in [-0.3, -0.25) is 0 Å². The Morgan fingerprint density at radius 3 is 2.62 bits per heavy atom. The van der Waals surface area contributed by atoms with Crippen LogP contribution in [-0.4, -0.2) is 5.78 Å². The molecule has 16 heavy (non-hydrogen) atoms. The van der Waals surface area contributed by atoms with Gasteiger partial charge in [-0.05, 0) is 49.8 Å². The average molecular weight is 283 g/mol. The van der Waals surface area contributed by atoms with Crippen LogP contribution in [0.25, 0.3) is 0 Å². The predicted octanol–water partition coefficient (Wildman–Crippen LogP) is 4.62. The number of hydrogen-bond acceptors (Lipinski definition) is 1. The van der Waals surface area contributed by atoms with Crippen LogP contribution in [0.4, 0.5) is 0 Å². The highest BCUT2D eigenvalue weighted by molar-refractivity contribution is 9.10. The predicted molar refractivity (Wildman–Crippen MR) is 71.8 cm³/mol. The summed E-state index contributed by atoms with van der Waals surface area (Å²) in [6.45, 7) is 5.93. The largest absolute Gasteiger partial charge is 0.300 e. The fourth-order valence-corrected chi connectivity index (χ4v) is 2.24. The van der Waals surface area contributed by atoms with Gasteiger partial charge in [0.2, 0.25) is 0 Å². The summed E-state index contributed by atoms with van der Waals surface area (Å²) in [5.74, 6) is 0.783. The van der Waals surface area contributed by atoms with Crippen molar-refractivity contribution in [3.8, 4) is 0 Å². The molecule has 0 heterocycles. The van der Waals surface area contributed by atoms with E-state index < -0.39 is 0 Å². The van der Waals surface area contributed by atoms with Crippen LogP contribution < -0.4 is 0 Å². The fourth-order valence-electron chi connectivity index (χ4n) is 1.85. The lowest BCUT2D eigenvalue weighted by Gasteiger charge is -2.15. The van der Waals surface area contributed by atoms with E-state index in [0.29, 0.717) is 12.3 Å². The maximum absolute atomic E-state index is 11.0. The van der Waals surface area contributed by atoms with Gasteiger partial charge in [0, 0.05) is 10.9 Å². The lowest BCUT2D eigenvalue weighted by atomic mass is 9.91. The minimum atomic E-state index is 0.282. The number of Topliss-reactive ketones (excluding diaryl/α,β-unsaturated/α-hetero) is 1. The Balaban J connectivity index is 2.78. The zero-order chi connectivity index (χ0) is 12.1. The average Bonchev–Trinajstić information content (AvgIpc) is 2.23. The van der Waals surface area contributed by atoms with Crippen LogP contribution in [0.5, 0.6) is 0 Å². The number of rotatable bonds is 5. The van der Waals surface area contributed by atoms with Crippen LogP contribution >= 0.6 is 15.9 Å². The van der Waals surface area contributed by atoms with E-state index in [1.807, 2.05) is 0 Å². The molecule has 0 spiro atoms. The summed E-state index contributed by atoms with van der Waals surface area (Å²) in [6.07, 6.45) is 2.73. The van der Waals surface area contributed by atoms with E-state index in [1.165, 1.54) is 11.1 Å². The third kappa shape index (κ3) is 3.75. The third-order valence-electron chi connectivity index (χ3n) is 3.00. The molecule has 0 bridgehead atoms. The SMILES string of the molecule is CCC(CCC(C)=O)c1ccc(C)c(Br)c1. The van der Waals surface area contributed by atoms with E-state index in [1.54, 1.807) is 6.92 Å². The standard InChI is InChI=1S/C14H19BrO/c1-4-12(8-6-11(3)16)13-7-5-10(2)14(15)9-13/h5,7,9,12H,4,6,8H2,1-3H3.